The zero-order valence-electron chi connectivity index (χ0n) is 11.9. The fourth-order valence-corrected chi connectivity index (χ4v) is 3.36. The summed E-state index contributed by atoms with van der Waals surface area (Å²) in [5.74, 6) is 0.787. The molecular formula is C16H23N3O. The second-order valence-electron chi connectivity index (χ2n) is 5.90. The highest BCUT2D eigenvalue weighted by Gasteiger charge is 2.27. The van der Waals surface area contributed by atoms with Crippen LogP contribution < -0.4 is 10.6 Å². The Bertz CT molecular complexity index is 488. The Kier molecular flexibility index (Phi) is 4.03. The number of carbonyl (C=O) groups is 1. The lowest BCUT2D eigenvalue weighted by Crippen LogP contribution is -2.45. The molecule has 1 aromatic rings. The number of hydrogen-bond donors (Lipinski definition) is 1. The number of piperidine rings is 1. The first kappa shape index (κ1) is 13.6. The molecule has 20 heavy (non-hydrogen) atoms. The normalized spacial score (nSPS) is 22.9. The average Bonchev–Trinajstić information content (AvgIpc) is 2.91. The number of para-hydroxylation sites is 1. The lowest BCUT2D eigenvalue weighted by atomic mass is 9.98. The van der Waals surface area contributed by atoms with Crippen LogP contribution in [-0.4, -0.2) is 43.5 Å². The predicted molar refractivity (Wildman–Crippen MR) is 80.7 cm³/mol. The number of anilines is 1. The largest absolute Gasteiger partial charge is 0.330 e. The van der Waals surface area contributed by atoms with E-state index >= 15 is 0 Å². The highest BCUT2D eigenvalue weighted by Crippen LogP contribution is 2.27. The molecule has 3 rings (SSSR count). The minimum atomic E-state index is 0.229. The van der Waals surface area contributed by atoms with Crippen molar-refractivity contribution in [3.8, 4) is 0 Å². The van der Waals surface area contributed by atoms with Gasteiger partial charge in [-0.05, 0) is 49.9 Å². The molecule has 108 valence electrons. The van der Waals surface area contributed by atoms with E-state index in [1.54, 1.807) is 0 Å². The topological polar surface area (TPSA) is 49.6 Å². The second kappa shape index (κ2) is 5.94. The molecule has 1 saturated heterocycles. The Morgan fingerprint density at radius 3 is 3.00 bits per heavy atom. The smallest absolute Gasteiger partial charge is 0.241 e. The Hall–Kier alpha value is -1.39. The van der Waals surface area contributed by atoms with Crippen LogP contribution in [0.15, 0.2) is 24.3 Å². The maximum atomic E-state index is 12.5. The van der Waals surface area contributed by atoms with Gasteiger partial charge in [-0.3, -0.25) is 9.69 Å². The van der Waals surface area contributed by atoms with Crippen molar-refractivity contribution in [2.24, 2.45) is 11.7 Å². The third-order valence-corrected chi connectivity index (χ3v) is 4.48. The molecule has 4 heteroatoms. The number of hydrogen-bond acceptors (Lipinski definition) is 3. The number of fused-ring (bicyclic) bond motifs is 1. The molecule has 0 spiro atoms. The van der Waals surface area contributed by atoms with Crippen LogP contribution in [0.4, 0.5) is 5.69 Å². The van der Waals surface area contributed by atoms with Gasteiger partial charge in [-0.25, -0.2) is 0 Å². The molecule has 2 aliphatic heterocycles. The van der Waals surface area contributed by atoms with Gasteiger partial charge in [0.05, 0.1) is 6.54 Å². The summed E-state index contributed by atoms with van der Waals surface area (Å²) in [7, 11) is 0. The molecule has 2 aliphatic rings. The molecule has 1 aromatic carbocycles. The molecule has 1 amide bonds. The van der Waals surface area contributed by atoms with Crippen molar-refractivity contribution >= 4 is 11.6 Å². The van der Waals surface area contributed by atoms with Crippen molar-refractivity contribution in [1.82, 2.24) is 4.90 Å². The first-order valence-electron chi connectivity index (χ1n) is 7.58. The Morgan fingerprint density at radius 2 is 2.15 bits per heavy atom. The number of benzene rings is 1. The van der Waals surface area contributed by atoms with Crippen LogP contribution >= 0.6 is 0 Å². The molecule has 0 bridgehead atoms. The zero-order chi connectivity index (χ0) is 13.9. The van der Waals surface area contributed by atoms with Crippen molar-refractivity contribution in [1.29, 1.82) is 0 Å². The van der Waals surface area contributed by atoms with Crippen LogP contribution in [0.2, 0.25) is 0 Å². The van der Waals surface area contributed by atoms with Crippen LogP contribution in [0.25, 0.3) is 0 Å². The van der Waals surface area contributed by atoms with Crippen molar-refractivity contribution in [2.45, 2.75) is 19.3 Å². The molecule has 2 heterocycles. The van der Waals surface area contributed by atoms with Gasteiger partial charge in [-0.1, -0.05) is 18.2 Å². The van der Waals surface area contributed by atoms with Crippen molar-refractivity contribution in [3.05, 3.63) is 29.8 Å². The van der Waals surface area contributed by atoms with E-state index in [1.807, 2.05) is 17.0 Å². The summed E-state index contributed by atoms with van der Waals surface area (Å²) < 4.78 is 0. The first-order valence-corrected chi connectivity index (χ1v) is 7.58. The fraction of sp³-hybridized carbons (Fsp3) is 0.562. The molecule has 2 N–H and O–H groups in total. The second-order valence-corrected chi connectivity index (χ2v) is 5.90. The third-order valence-electron chi connectivity index (χ3n) is 4.48. The Labute approximate surface area is 120 Å². The monoisotopic (exact) mass is 273 g/mol. The standard InChI is InChI=1S/C16H23N3O/c17-10-13-4-3-8-18(11-13)12-16(20)19-9-7-14-5-1-2-6-15(14)19/h1-2,5-6,13H,3-4,7-12,17H2. The van der Waals surface area contributed by atoms with Gasteiger partial charge in [0.2, 0.25) is 5.91 Å². The van der Waals surface area contributed by atoms with Gasteiger partial charge in [0, 0.05) is 18.8 Å². The van der Waals surface area contributed by atoms with Crippen molar-refractivity contribution < 1.29 is 4.79 Å². The van der Waals surface area contributed by atoms with E-state index in [9.17, 15) is 4.79 Å². The first-order chi connectivity index (χ1) is 9.78. The quantitative estimate of drug-likeness (QED) is 0.901. The van der Waals surface area contributed by atoms with Gasteiger partial charge in [0.25, 0.3) is 0 Å². The summed E-state index contributed by atoms with van der Waals surface area (Å²) in [6.07, 6.45) is 3.34. The average molecular weight is 273 g/mol. The highest BCUT2D eigenvalue weighted by molar-refractivity contribution is 5.96. The summed E-state index contributed by atoms with van der Waals surface area (Å²) in [4.78, 5) is 16.7. The van der Waals surface area contributed by atoms with Gasteiger partial charge in [0.15, 0.2) is 0 Å². The molecule has 0 radical (unpaired) electrons. The number of rotatable bonds is 3. The summed E-state index contributed by atoms with van der Waals surface area (Å²) in [6.45, 7) is 4.09. The van der Waals surface area contributed by atoms with Crippen LogP contribution in [0.1, 0.15) is 18.4 Å². The Morgan fingerprint density at radius 1 is 1.30 bits per heavy atom. The Balaban J connectivity index is 1.63. The zero-order valence-corrected chi connectivity index (χ0v) is 11.9. The van der Waals surface area contributed by atoms with Gasteiger partial charge < -0.3 is 10.6 Å². The van der Waals surface area contributed by atoms with Gasteiger partial charge in [-0.2, -0.15) is 0 Å². The van der Waals surface area contributed by atoms with E-state index < -0.39 is 0 Å². The third kappa shape index (κ3) is 2.72. The van der Waals surface area contributed by atoms with Crippen LogP contribution in [0, 0.1) is 5.92 Å². The lowest BCUT2D eigenvalue weighted by Gasteiger charge is -2.32. The van der Waals surface area contributed by atoms with Gasteiger partial charge in [-0.15, -0.1) is 0 Å². The molecule has 1 atom stereocenters. The molecule has 0 aliphatic carbocycles. The molecule has 0 saturated carbocycles. The molecule has 1 fully saturated rings. The molecule has 1 unspecified atom stereocenters. The fourth-order valence-electron chi connectivity index (χ4n) is 3.36. The van der Waals surface area contributed by atoms with E-state index in [1.165, 1.54) is 12.0 Å². The maximum Gasteiger partial charge on any atom is 0.241 e. The number of carbonyl (C=O) groups excluding carboxylic acids is 1. The lowest BCUT2D eigenvalue weighted by molar-refractivity contribution is -0.120. The number of nitrogens with two attached hydrogens (primary N) is 1. The molecule has 0 aromatic heterocycles. The van der Waals surface area contributed by atoms with Crippen LogP contribution in [0.3, 0.4) is 0 Å². The van der Waals surface area contributed by atoms with Crippen molar-refractivity contribution in [3.63, 3.8) is 0 Å². The van der Waals surface area contributed by atoms with E-state index in [-0.39, 0.29) is 5.91 Å². The number of amides is 1. The SMILES string of the molecule is NCC1CCCN(CC(=O)N2CCc3ccccc32)C1. The van der Waals surface area contributed by atoms with Crippen LogP contribution in [-0.2, 0) is 11.2 Å². The summed E-state index contributed by atoms with van der Waals surface area (Å²) >= 11 is 0. The minimum absolute atomic E-state index is 0.229. The summed E-state index contributed by atoms with van der Waals surface area (Å²) in [5.41, 5.74) is 8.15. The predicted octanol–water partition coefficient (Wildman–Crippen LogP) is 1.25. The summed E-state index contributed by atoms with van der Waals surface area (Å²) in [5, 5.41) is 0. The molecule has 4 nitrogen and oxygen atoms in total. The van der Waals surface area contributed by atoms with Crippen LogP contribution in [0.5, 0.6) is 0 Å². The van der Waals surface area contributed by atoms with E-state index in [2.05, 4.69) is 17.0 Å². The molecular weight excluding hydrogens is 250 g/mol. The van der Waals surface area contributed by atoms with E-state index in [0.717, 1.165) is 44.7 Å². The highest BCUT2D eigenvalue weighted by atomic mass is 16.2. The van der Waals surface area contributed by atoms with Crippen molar-refractivity contribution in [2.75, 3.05) is 37.6 Å². The number of likely N-dealkylation sites (tertiary alicyclic amines) is 1. The summed E-state index contributed by atoms with van der Waals surface area (Å²) in [6, 6.07) is 8.23. The van der Waals surface area contributed by atoms with Gasteiger partial charge in [0.1, 0.15) is 0 Å². The number of nitrogens with zero attached hydrogens (tertiary/aromatic N) is 2. The van der Waals surface area contributed by atoms with Gasteiger partial charge >= 0.3 is 0 Å². The maximum absolute atomic E-state index is 12.5. The van der Waals surface area contributed by atoms with E-state index in [4.69, 9.17) is 5.73 Å². The minimum Gasteiger partial charge on any atom is -0.330 e. The van der Waals surface area contributed by atoms with E-state index in [0.29, 0.717) is 12.5 Å².